The van der Waals surface area contributed by atoms with Crippen molar-refractivity contribution in [2.24, 2.45) is 0 Å². The van der Waals surface area contributed by atoms with E-state index >= 15 is 0 Å². The van der Waals surface area contributed by atoms with Gasteiger partial charge in [-0.25, -0.2) is 4.98 Å². The van der Waals surface area contributed by atoms with Gasteiger partial charge in [0.05, 0.1) is 26.0 Å². The first-order valence-corrected chi connectivity index (χ1v) is 8.46. The molecule has 4 rings (SSSR count). The van der Waals surface area contributed by atoms with E-state index in [-0.39, 0.29) is 10.8 Å². The van der Waals surface area contributed by atoms with Crippen molar-refractivity contribution in [3.05, 3.63) is 56.1 Å². The maximum atomic E-state index is 11.3. The number of thiazole rings is 1. The summed E-state index contributed by atoms with van der Waals surface area (Å²) >= 11 is 13.0. The van der Waals surface area contributed by atoms with E-state index in [1.807, 2.05) is 24.3 Å². The highest BCUT2D eigenvalue weighted by Crippen LogP contribution is 2.32. The van der Waals surface area contributed by atoms with Crippen molar-refractivity contribution in [1.29, 1.82) is 0 Å². The lowest BCUT2D eigenvalue weighted by Crippen LogP contribution is -1.89. The first kappa shape index (κ1) is 15.3. The fourth-order valence-electron chi connectivity index (χ4n) is 2.44. The van der Waals surface area contributed by atoms with Gasteiger partial charge in [0, 0.05) is 5.56 Å². The van der Waals surface area contributed by atoms with Crippen molar-refractivity contribution in [2.75, 3.05) is 0 Å². The molecule has 0 aliphatic carbocycles. The Morgan fingerprint density at radius 2 is 1.67 bits per heavy atom. The Balaban J connectivity index is 1.75. The van der Waals surface area contributed by atoms with Crippen LogP contribution in [-0.4, -0.2) is 20.1 Å². The van der Waals surface area contributed by atoms with Gasteiger partial charge in [-0.15, -0.1) is 0 Å². The van der Waals surface area contributed by atoms with Crippen molar-refractivity contribution in [1.82, 2.24) is 15.0 Å². The molecule has 0 amide bonds. The Hall–Kier alpha value is -2.28. The molecule has 5 nitrogen and oxygen atoms in total. The van der Waals surface area contributed by atoms with Crippen molar-refractivity contribution < 1.29 is 5.11 Å². The third-order valence-electron chi connectivity index (χ3n) is 3.57. The summed E-state index contributed by atoms with van der Waals surface area (Å²) in [4.78, 5) is 21.6. The summed E-state index contributed by atoms with van der Waals surface area (Å²) in [6.07, 6.45) is 0. The summed E-state index contributed by atoms with van der Waals surface area (Å²) in [7, 11) is 0. The first-order chi connectivity index (χ1) is 11.5. The molecule has 0 bridgehead atoms. The quantitative estimate of drug-likeness (QED) is 0.475. The van der Waals surface area contributed by atoms with Gasteiger partial charge in [0.15, 0.2) is 0 Å². The SMILES string of the molecule is O=c1[nH]c(O)c(-c2ccc(-c3nc4cc(Cl)c(Cl)cc4[nH]3)cc2)s1. The number of fused-ring (bicyclic) bond motifs is 1. The van der Waals surface area contributed by atoms with Crippen LogP contribution in [0.4, 0.5) is 0 Å². The minimum absolute atomic E-state index is 0.120. The van der Waals surface area contributed by atoms with Gasteiger partial charge < -0.3 is 10.1 Å². The summed E-state index contributed by atoms with van der Waals surface area (Å²) in [6, 6.07) is 10.8. The highest BCUT2D eigenvalue weighted by molar-refractivity contribution is 7.13. The lowest BCUT2D eigenvalue weighted by atomic mass is 10.1. The second kappa shape index (κ2) is 5.66. The summed E-state index contributed by atoms with van der Waals surface area (Å²) < 4.78 is 0. The normalized spacial score (nSPS) is 11.2. The van der Waals surface area contributed by atoms with Gasteiger partial charge in [-0.05, 0) is 17.7 Å². The van der Waals surface area contributed by atoms with Crippen LogP contribution in [0.1, 0.15) is 0 Å². The molecule has 4 aromatic rings. The number of rotatable bonds is 2. The Bertz CT molecular complexity index is 1070. The number of hydrogen-bond donors (Lipinski definition) is 3. The molecule has 3 N–H and O–H groups in total. The molecule has 0 aliphatic rings. The van der Waals surface area contributed by atoms with E-state index in [2.05, 4.69) is 15.0 Å². The molecule has 120 valence electrons. The second-order valence-electron chi connectivity index (χ2n) is 5.14. The average Bonchev–Trinajstić information content (AvgIpc) is 3.10. The van der Waals surface area contributed by atoms with Gasteiger partial charge in [0.2, 0.25) is 5.88 Å². The van der Waals surface area contributed by atoms with Gasteiger partial charge in [-0.3, -0.25) is 9.78 Å². The fourth-order valence-corrected chi connectivity index (χ4v) is 3.49. The third kappa shape index (κ3) is 2.58. The molecule has 2 aromatic carbocycles. The van der Waals surface area contributed by atoms with Gasteiger partial charge >= 0.3 is 4.87 Å². The molecule has 0 unspecified atom stereocenters. The predicted molar refractivity (Wildman–Crippen MR) is 97.1 cm³/mol. The Morgan fingerprint density at radius 3 is 2.33 bits per heavy atom. The van der Waals surface area contributed by atoms with E-state index in [9.17, 15) is 9.90 Å². The number of imidazole rings is 1. The molecule has 0 saturated heterocycles. The zero-order valence-corrected chi connectivity index (χ0v) is 14.3. The molecular formula is C16H9Cl2N3O2S. The number of nitrogens with one attached hydrogen (secondary N) is 2. The largest absolute Gasteiger partial charge is 0.493 e. The standard InChI is InChI=1S/C16H9Cl2N3O2S/c17-9-5-11-12(6-10(9)18)20-14(19-11)8-3-1-7(2-4-8)13-15(22)21-16(23)24-13/h1-6,22H,(H,19,20)(H,21,23). The van der Waals surface area contributed by atoms with Crippen LogP contribution in [0.2, 0.25) is 10.0 Å². The number of hydrogen-bond acceptors (Lipinski definition) is 4. The molecule has 0 fully saturated rings. The summed E-state index contributed by atoms with van der Waals surface area (Å²) in [5.41, 5.74) is 3.14. The summed E-state index contributed by atoms with van der Waals surface area (Å²) in [6.45, 7) is 0. The molecular weight excluding hydrogens is 369 g/mol. The van der Waals surface area contributed by atoms with Crippen molar-refractivity contribution in [3.8, 4) is 27.7 Å². The van der Waals surface area contributed by atoms with Crippen LogP contribution < -0.4 is 4.87 Å². The van der Waals surface area contributed by atoms with E-state index in [1.165, 1.54) is 0 Å². The van der Waals surface area contributed by atoms with Crippen LogP contribution in [0, 0.1) is 0 Å². The Labute approximate surface area is 149 Å². The van der Waals surface area contributed by atoms with Gasteiger partial charge in [0.25, 0.3) is 0 Å². The molecule has 24 heavy (non-hydrogen) atoms. The van der Waals surface area contributed by atoms with E-state index in [4.69, 9.17) is 23.2 Å². The first-order valence-electron chi connectivity index (χ1n) is 6.89. The molecule has 0 saturated carbocycles. The maximum absolute atomic E-state index is 11.3. The van der Waals surface area contributed by atoms with Crippen LogP contribution >= 0.6 is 34.5 Å². The molecule has 0 radical (unpaired) electrons. The summed E-state index contributed by atoms with van der Waals surface area (Å²) in [5.74, 6) is 0.562. The molecule has 8 heteroatoms. The highest BCUT2D eigenvalue weighted by atomic mass is 35.5. The minimum atomic E-state index is -0.294. The van der Waals surface area contributed by atoms with Crippen LogP contribution in [0.3, 0.4) is 0 Å². The number of aromatic amines is 2. The van der Waals surface area contributed by atoms with Gasteiger partial charge in [-0.1, -0.05) is 58.8 Å². The second-order valence-corrected chi connectivity index (χ2v) is 6.94. The van der Waals surface area contributed by atoms with Gasteiger partial charge in [-0.2, -0.15) is 0 Å². The lowest BCUT2D eigenvalue weighted by molar-refractivity contribution is 0.458. The lowest BCUT2D eigenvalue weighted by Gasteiger charge is -2.00. The number of aromatic hydroxyl groups is 1. The fraction of sp³-hybridized carbons (Fsp3) is 0. The molecule has 2 aromatic heterocycles. The number of benzene rings is 2. The average molecular weight is 378 g/mol. The van der Waals surface area contributed by atoms with Crippen LogP contribution in [0.5, 0.6) is 5.88 Å². The zero-order valence-electron chi connectivity index (χ0n) is 11.9. The smallest absolute Gasteiger partial charge is 0.307 e. The number of halogens is 2. The maximum Gasteiger partial charge on any atom is 0.307 e. The van der Waals surface area contributed by atoms with Crippen LogP contribution in [-0.2, 0) is 0 Å². The van der Waals surface area contributed by atoms with Crippen LogP contribution in [0.15, 0.2) is 41.2 Å². The molecule has 2 heterocycles. The zero-order chi connectivity index (χ0) is 16.8. The number of nitrogens with zero attached hydrogens (tertiary/aromatic N) is 1. The van der Waals surface area contributed by atoms with Gasteiger partial charge in [0.1, 0.15) is 5.82 Å². The predicted octanol–water partition coefficient (Wildman–Crippen LogP) is 4.66. The topological polar surface area (TPSA) is 81.8 Å². The van der Waals surface area contributed by atoms with Crippen molar-refractivity contribution >= 4 is 45.6 Å². The minimum Gasteiger partial charge on any atom is -0.493 e. The van der Waals surface area contributed by atoms with E-state index < -0.39 is 0 Å². The highest BCUT2D eigenvalue weighted by Gasteiger charge is 2.11. The van der Waals surface area contributed by atoms with E-state index in [1.54, 1.807) is 12.1 Å². The molecule has 0 aliphatic heterocycles. The Morgan fingerprint density at radius 1 is 1.00 bits per heavy atom. The third-order valence-corrected chi connectivity index (χ3v) is 5.22. The molecule has 0 atom stereocenters. The molecule has 0 spiro atoms. The van der Waals surface area contributed by atoms with Crippen LogP contribution in [0.25, 0.3) is 32.9 Å². The van der Waals surface area contributed by atoms with E-state index in [0.29, 0.717) is 20.7 Å². The number of aromatic nitrogens is 3. The monoisotopic (exact) mass is 377 g/mol. The number of H-pyrrole nitrogens is 2. The Kier molecular flexibility index (Phi) is 3.60. The summed E-state index contributed by atoms with van der Waals surface area (Å²) in [5, 5.41) is 10.6. The van der Waals surface area contributed by atoms with E-state index in [0.717, 1.165) is 33.5 Å². The van der Waals surface area contributed by atoms with Crippen molar-refractivity contribution in [2.45, 2.75) is 0 Å². The van der Waals surface area contributed by atoms with Crippen molar-refractivity contribution in [3.63, 3.8) is 0 Å².